The SMILES string of the molecule is Cc1ccc(C)c(-n2nc(C(=O)Nc3c(C)cccc3C)nc2-c2ccccc2)c1. The molecule has 0 aliphatic heterocycles. The zero-order chi connectivity index (χ0) is 21.3. The van der Waals surface area contributed by atoms with E-state index in [2.05, 4.69) is 33.6 Å². The molecular formula is C25H24N4O. The Bertz CT molecular complexity index is 1210. The first kappa shape index (κ1) is 19.6. The number of amides is 1. The Labute approximate surface area is 176 Å². The zero-order valence-electron chi connectivity index (χ0n) is 17.6. The van der Waals surface area contributed by atoms with Gasteiger partial charge in [-0.2, -0.15) is 0 Å². The lowest BCUT2D eigenvalue weighted by Gasteiger charge is -2.10. The van der Waals surface area contributed by atoms with Crippen molar-refractivity contribution in [3.8, 4) is 17.1 Å². The highest BCUT2D eigenvalue weighted by Crippen LogP contribution is 2.25. The lowest BCUT2D eigenvalue weighted by Crippen LogP contribution is -2.16. The minimum atomic E-state index is -0.325. The first-order chi connectivity index (χ1) is 14.4. The van der Waals surface area contributed by atoms with Crippen LogP contribution in [-0.4, -0.2) is 20.7 Å². The van der Waals surface area contributed by atoms with Gasteiger partial charge in [0, 0.05) is 11.3 Å². The lowest BCUT2D eigenvalue weighted by molar-refractivity contribution is 0.101. The third kappa shape index (κ3) is 3.74. The quantitative estimate of drug-likeness (QED) is 0.501. The molecule has 0 saturated heterocycles. The van der Waals surface area contributed by atoms with Crippen LogP contribution in [0.2, 0.25) is 0 Å². The molecule has 0 fully saturated rings. The van der Waals surface area contributed by atoms with Crippen LogP contribution in [0, 0.1) is 27.7 Å². The maximum absolute atomic E-state index is 13.0. The predicted octanol–water partition coefficient (Wildman–Crippen LogP) is 5.42. The summed E-state index contributed by atoms with van der Waals surface area (Å²) in [6.07, 6.45) is 0. The molecule has 0 atom stereocenters. The number of nitrogens with zero attached hydrogens (tertiary/aromatic N) is 3. The van der Waals surface area contributed by atoms with Crippen LogP contribution in [0.5, 0.6) is 0 Å². The zero-order valence-corrected chi connectivity index (χ0v) is 17.6. The van der Waals surface area contributed by atoms with Crippen LogP contribution >= 0.6 is 0 Å². The lowest BCUT2D eigenvalue weighted by atomic mass is 10.1. The molecule has 4 aromatic rings. The molecule has 0 radical (unpaired) electrons. The highest BCUT2D eigenvalue weighted by Gasteiger charge is 2.20. The van der Waals surface area contributed by atoms with Gasteiger partial charge in [0.15, 0.2) is 5.82 Å². The number of carbonyl (C=O) groups is 1. The number of aromatic nitrogens is 3. The Morgan fingerprint density at radius 2 is 1.53 bits per heavy atom. The second kappa shape index (κ2) is 7.95. The fourth-order valence-corrected chi connectivity index (χ4v) is 3.48. The van der Waals surface area contributed by atoms with E-state index in [0.717, 1.165) is 39.2 Å². The van der Waals surface area contributed by atoms with Gasteiger partial charge in [-0.05, 0) is 56.0 Å². The maximum Gasteiger partial charge on any atom is 0.295 e. The van der Waals surface area contributed by atoms with Crippen LogP contribution in [0.25, 0.3) is 17.1 Å². The molecular weight excluding hydrogens is 372 g/mol. The normalized spacial score (nSPS) is 10.8. The first-order valence-corrected chi connectivity index (χ1v) is 9.91. The van der Waals surface area contributed by atoms with Gasteiger partial charge in [0.25, 0.3) is 5.91 Å². The molecule has 4 rings (SSSR count). The molecule has 1 amide bonds. The molecule has 5 heteroatoms. The summed E-state index contributed by atoms with van der Waals surface area (Å²) >= 11 is 0. The number of para-hydroxylation sites is 1. The van der Waals surface area contributed by atoms with E-state index in [0.29, 0.717) is 5.82 Å². The first-order valence-electron chi connectivity index (χ1n) is 9.91. The van der Waals surface area contributed by atoms with Gasteiger partial charge in [-0.15, -0.1) is 5.10 Å². The summed E-state index contributed by atoms with van der Waals surface area (Å²) in [7, 11) is 0. The number of carbonyl (C=O) groups excluding carboxylic acids is 1. The summed E-state index contributed by atoms with van der Waals surface area (Å²) in [5.41, 5.74) is 6.79. The number of nitrogens with one attached hydrogen (secondary N) is 1. The summed E-state index contributed by atoms with van der Waals surface area (Å²) in [5, 5.41) is 7.59. The van der Waals surface area contributed by atoms with E-state index in [-0.39, 0.29) is 11.7 Å². The molecule has 1 aromatic heterocycles. The smallest absolute Gasteiger partial charge is 0.295 e. The largest absolute Gasteiger partial charge is 0.319 e. The van der Waals surface area contributed by atoms with Gasteiger partial charge in [-0.1, -0.05) is 60.7 Å². The van der Waals surface area contributed by atoms with Crippen LogP contribution in [0.3, 0.4) is 0 Å². The van der Waals surface area contributed by atoms with Crippen LogP contribution in [0.4, 0.5) is 5.69 Å². The van der Waals surface area contributed by atoms with Gasteiger partial charge in [0.1, 0.15) is 0 Å². The minimum absolute atomic E-state index is 0.136. The van der Waals surface area contributed by atoms with E-state index in [1.165, 1.54) is 0 Å². The summed E-state index contributed by atoms with van der Waals surface area (Å²) in [5.74, 6) is 0.446. The van der Waals surface area contributed by atoms with Gasteiger partial charge in [-0.3, -0.25) is 4.79 Å². The van der Waals surface area contributed by atoms with Gasteiger partial charge in [0.2, 0.25) is 5.82 Å². The van der Waals surface area contributed by atoms with Crippen molar-refractivity contribution in [2.75, 3.05) is 5.32 Å². The number of aryl methyl sites for hydroxylation is 4. The van der Waals surface area contributed by atoms with Crippen LogP contribution < -0.4 is 5.32 Å². The summed E-state index contributed by atoms with van der Waals surface area (Å²) in [4.78, 5) is 17.7. The molecule has 0 bridgehead atoms. The maximum atomic E-state index is 13.0. The van der Waals surface area contributed by atoms with Gasteiger partial charge in [0.05, 0.1) is 5.69 Å². The van der Waals surface area contributed by atoms with Crippen molar-refractivity contribution in [1.82, 2.24) is 14.8 Å². The van der Waals surface area contributed by atoms with E-state index >= 15 is 0 Å². The van der Waals surface area contributed by atoms with E-state index in [9.17, 15) is 4.79 Å². The monoisotopic (exact) mass is 396 g/mol. The van der Waals surface area contributed by atoms with Crippen molar-refractivity contribution in [3.63, 3.8) is 0 Å². The van der Waals surface area contributed by atoms with Crippen molar-refractivity contribution in [2.45, 2.75) is 27.7 Å². The van der Waals surface area contributed by atoms with Crippen LogP contribution in [0.15, 0.2) is 66.7 Å². The molecule has 3 aromatic carbocycles. The van der Waals surface area contributed by atoms with E-state index in [1.807, 2.05) is 76.2 Å². The van der Waals surface area contributed by atoms with Gasteiger partial charge >= 0.3 is 0 Å². The third-order valence-electron chi connectivity index (χ3n) is 5.15. The number of rotatable bonds is 4. The topological polar surface area (TPSA) is 59.8 Å². The highest BCUT2D eigenvalue weighted by atomic mass is 16.2. The fourth-order valence-electron chi connectivity index (χ4n) is 3.48. The average molecular weight is 396 g/mol. The Hall–Kier alpha value is -3.73. The molecule has 1 heterocycles. The summed E-state index contributed by atoms with van der Waals surface area (Å²) < 4.78 is 1.76. The number of benzene rings is 3. The van der Waals surface area contributed by atoms with Crippen molar-refractivity contribution in [3.05, 3.63) is 94.8 Å². The molecule has 0 aliphatic carbocycles. The molecule has 0 aliphatic rings. The fraction of sp³-hybridized carbons (Fsp3) is 0.160. The van der Waals surface area contributed by atoms with E-state index < -0.39 is 0 Å². The summed E-state index contributed by atoms with van der Waals surface area (Å²) in [6, 6.07) is 21.9. The second-order valence-corrected chi connectivity index (χ2v) is 7.55. The Kier molecular flexibility index (Phi) is 5.19. The molecule has 5 nitrogen and oxygen atoms in total. The van der Waals surface area contributed by atoms with Gasteiger partial charge in [-0.25, -0.2) is 9.67 Å². The minimum Gasteiger partial charge on any atom is -0.319 e. The van der Waals surface area contributed by atoms with Crippen molar-refractivity contribution in [1.29, 1.82) is 0 Å². The number of hydrogen-bond donors (Lipinski definition) is 1. The highest BCUT2D eigenvalue weighted by molar-refractivity contribution is 6.02. The molecule has 30 heavy (non-hydrogen) atoms. The predicted molar refractivity (Wildman–Crippen MR) is 120 cm³/mol. The molecule has 0 saturated carbocycles. The van der Waals surface area contributed by atoms with Crippen molar-refractivity contribution < 1.29 is 4.79 Å². The third-order valence-corrected chi connectivity index (χ3v) is 5.15. The number of hydrogen-bond acceptors (Lipinski definition) is 3. The molecule has 0 unspecified atom stereocenters. The number of anilines is 1. The van der Waals surface area contributed by atoms with Crippen molar-refractivity contribution in [2.24, 2.45) is 0 Å². The van der Waals surface area contributed by atoms with Crippen LogP contribution in [0.1, 0.15) is 32.9 Å². The standard InChI is InChI=1S/C25H24N4O/c1-16-13-14-17(2)21(15-16)29-24(20-11-6-5-7-12-20)27-23(28-29)25(30)26-22-18(3)9-8-10-19(22)4/h5-15H,1-4H3,(H,26,30). The molecule has 150 valence electrons. The second-order valence-electron chi connectivity index (χ2n) is 7.55. The van der Waals surface area contributed by atoms with Crippen molar-refractivity contribution >= 4 is 11.6 Å². The van der Waals surface area contributed by atoms with Gasteiger partial charge < -0.3 is 5.32 Å². The van der Waals surface area contributed by atoms with E-state index in [4.69, 9.17) is 0 Å². The molecule has 0 spiro atoms. The Balaban J connectivity index is 1.81. The Morgan fingerprint density at radius 3 is 2.23 bits per heavy atom. The average Bonchev–Trinajstić information content (AvgIpc) is 3.18. The van der Waals surface area contributed by atoms with Crippen LogP contribution in [-0.2, 0) is 0 Å². The molecule has 1 N–H and O–H groups in total. The Morgan fingerprint density at radius 1 is 0.833 bits per heavy atom. The summed E-state index contributed by atoms with van der Waals surface area (Å²) in [6.45, 7) is 8.01. The van der Waals surface area contributed by atoms with E-state index in [1.54, 1.807) is 4.68 Å².